The Bertz CT molecular complexity index is 472. The predicted molar refractivity (Wildman–Crippen MR) is 69.8 cm³/mol. The van der Waals surface area contributed by atoms with Gasteiger partial charge in [0.05, 0.1) is 12.6 Å². The van der Waals surface area contributed by atoms with Crippen molar-refractivity contribution in [2.45, 2.75) is 12.8 Å². The number of piperidine rings is 1. The highest BCUT2D eigenvalue weighted by Gasteiger charge is 2.20. The second-order valence-electron chi connectivity index (χ2n) is 4.73. The van der Waals surface area contributed by atoms with Crippen LogP contribution in [0.5, 0.6) is 0 Å². The third kappa shape index (κ3) is 4.04. The highest BCUT2D eigenvalue weighted by molar-refractivity contribution is 5.92. The zero-order valence-electron chi connectivity index (χ0n) is 10.6. The van der Waals surface area contributed by atoms with Crippen LogP contribution in [0.3, 0.4) is 0 Å². The Morgan fingerprint density at radius 2 is 2.00 bits per heavy atom. The maximum Gasteiger partial charge on any atom is 0.238 e. The lowest BCUT2D eigenvalue weighted by atomic mass is 9.99. The van der Waals surface area contributed by atoms with Crippen molar-refractivity contribution in [3.63, 3.8) is 0 Å². The molecule has 0 bridgehead atoms. The number of anilines is 1. The molecule has 0 aliphatic carbocycles. The van der Waals surface area contributed by atoms with E-state index in [1.165, 1.54) is 24.3 Å². The molecule has 0 unspecified atom stereocenters. The monoisotopic (exact) mass is 261 g/mol. The summed E-state index contributed by atoms with van der Waals surface area (Å²) >= 11 is 0. The summed E-state index contributed by atoms with van der Waals surface area (Å²) in [5.74, 6) is -0.310. The highest BCUT2D eigenvalue weighted by atomic mass is 19.1. The first kappa shape index (κ1) is 13.5. The molecule has 0 saturated carbocycles. The summed E-state index contributed by atoms with van der Waals surface area (Å²) < 4.78 is 12.7. The fraction of sp³-hybridized carbons (Fsp3) is 0.429. The van der Waals surface area contributed by atoms with Crippen molar-refractivity contribution in [1.29, 1.82) is 5.26 Å². The maximum atomic E-state index is 12.7. The molecule has 0 spiro atoms. The van der Waals surface area contributed by atoms with Gasteiger partial charge in [-0.25, -0.2) is 4.39 Å². The van der Waals surface area contributed by atoms with Gasteiger partial charge in [0.2, 0.25) is 5.91 Å². The Kier molecular flexibility index (Phi) is 4.48. The van der Waals surface area contributed by atoms with Gasteiger partial charge in [0.1, 0.15) is 5.82 Å². The molecule has 5 heteroatoms. The number of likely N-dealkylation sites (tertiary alicyclic amines) is 1. The summed E-state index contributed by atoms with van der Waals surface area (Å²) in [7, 11) is 0. The maximum absolute atomic E-state index is 12.7. The largest absolute Gasteiger partial charge is 0.325 e. The molecular formula is C14H16FN3O. The Morgan fingerprint density at radius 3 is 2.58 bits per heavy atom. The van der Waals surface area contributed by atoms with Gasteiger partial charge in [0.15, 0.2) is 0 Å². The van der Waals surface area contributed by atoms with Gasteiger partial charge in [-0.15, -0.1) is 0 Å². The van der Waals surface area contributed by atoms with E-state index in [0.717, 1.165) is 25.9 Å². The third-order valence-electron chi connectivity index (χ3n) is 3.27. The van der Waals surface area contributed by atoms with Gasteiger partial charge in [-0.3, -0.25) is 9.69 Å². The second-order valence-corrected chi connectivity index (χ2v) is 4.73. The molecule has 0 radical (unpaired) electrons. The van der Waals surface area contributed by atoms with Crippen molar-refractivity contribution in [1.82, 2.24) is 4.90 Å². The average Bonchev–Trinajstić information content (AvgIpc) is 2.42. The molecule has 100 valence electrons. The van der Waals surface area contributed by atoms with E-state index in [-0.39, 0.29) is 17.6 Å². The van der Waals surface area contributed by atoms with Crippen LogP contribution in [-0.4, -0.2) is 30.4 Å². The first-order valence-electron chi connectivity index (χ1n) is 6.35. The van der Waals surface area contributed by atoms with Gasteiger partial charge in [-0.1, -0.05) is 0 Å². The number of carbonyl (C=O) groups excluding carboxylic acids is 1. The topological polar surface area (TPSA) is 56.1 Å². The summed E-state index contributed by atoms with van der Waals surface area (Å²) in [6.45, 7) is 1.86. The number of nitrogens with zero attached hydrogens (tertiary/aromatic N) is 2. The van der Waals surface area contributed by atoms with E-state index in [9.17, 15) is 9.18 Å². The molecule has 4 nitrogen and oxygen atoms in total. The lowest BCUT2D eigenvalue weighted by Crippen LogP contribution is -2.39. The molecule has 1 aromatic carbocycles. The third-order valence-corrected chi connectivity index (χ3v) is 3.27. The fourth-order valence-electron chi connectivity index (χ4n) is 2.16. The molecule has 1 aliphatic heterocycles. The van der Waals surface area contributed by atoms with Crippen LogP contribution in [0.25, 0.3) is 0 Å². The summed E-state index contributed by atoms with van der Waals surface area (Å²) in [6, 6.07) is 7.96. The Morgan fingerprint density at radius 1 is 1.37 bits per heavy atom. The Hall–Kier alpha value is -1.93. The number of rotatable bonds is 3. The van der Waals surface area contributed by atoms with E-state index in [1.807, 2.05) is 4.90 Å². The van der Waals surface area contributed by atoms with Gasteiger partial charge in [-0.05, 0) is 50.2 Å². The minimum Gasteiger partial charge on any atom is -0.325 e. The normalized spacial score (nSPS) is 16.8. The van der Waals surface area contributed by atoms with Crippen LogP contribution in [-0.2, 0) is 4.79 Å². The Labute approximate surface area is 111 Å². The second kappa shape index (κ2) is 6.30. The number of nitriles is 1. The molecule has 1 fully saturated rings. The zero-order valence-corrected chi connectivity index (χ0v) is 10.6. The van der Waals surface area contributed by atoms with Crippen molar-refractivity contribution >= 4 is 11.6 Å². The highest BCUT2D eigenvalue weighted by Crippen LogP contribution is 2.16. The van der Waals surface area contributed by atoms with Crippen LogP contribution >= 0.6 is 0 Å². The lowest BCUT2D eigenvalue weighted by Gasteiger charge is -2.28. The molecule has 0 atom stereocenters. The van der Waals surface area contributed by atoms with E-state index in [2.05, 4.69) is 11.4 Å². The summed E-state index contributed by atoms with van der Waals surface area (Å²) in [4.78, 5) is 13.8. The minimum absolute atomic E-state index is 0.109. The fourth-order valence-corrected chi connectivity index (χ4v) is 2.16. The SMILES string of the molecule is N#CC1CCN(CC(=O)Nc2ccc(F)cc2)CC1. The molecule has 0 aromatic heterocycles. The number of hydrogen-bond donors (Lipinski definition) is 1. The van der Waals surface area contributed by atoms with Crippen molar-refractivity contribution in [2.24, 2.45) is 5.92 Å². The summed E-state index contributed by atoms with van der Waals surface area (Å²) in [5, 5.41) is 11.5. The first-order chi connectivity index (χ1) is 9.17. The number of benzene rings is 1. The quantitative estimate of drug-likeness (QED) is 0.905. The average molecular weight is 261 g/mol. The smallest absolute Gasteiger partial charge is 0.238 e. The van der Waals surface area contributed by atoms with Crippen molar-refractivity contribution in [3.05, 3.63) is 30.1 Å². The lowest BCUT2D eigenvalue weighted by molar-refractivity contribution is -0.117. The van der Waals surface area contributed by atoms with E-state index < -0.39 is 0 Å². The van der Waals surface area contributed by atoms with Gasteiger partial charge in [0.25, 0.3) is 0 Å². The van der Waals surface area contributed by atoms with E-state index in [0.29, 0.717) is 12.2 Å². The molecule has 19 heavy (non-hydrogen) atoms. The van der Waals surface area contributed by atoms with Crippen LogP contribution in [0.15, 0.2) is 24.3 Å². The molecule has 1 aliphatic rings. The van der Waals surface area contributed by atoms with Crippen LogP contribution in [0.4, 0.5) is 10.1 Å². The van der Waals surface area contributed by atoms with Crippen LogP contribution in [0, 0.1) is 23.1 Å². The number of amides is 1. The number of halogens is 1. The van der Waals surface area contributed by atoms with Crippen LogP contribution in [0.2, 0.25) is 0 Å². The van der Waals surface area contributed by atoms with Crippen LogP contribution < -0.4 is 5.32 Å². The number of hydrogen-bond acceptors (Lipinski definition) is 3. The Balaban J connectivity index is 1.79. The van der Waals surface area contributed by atoms with Gasteiger partial charge in [0, 0.05) is 11.6 Å². The van der Waals surface area contributed by atoms with E-state index in [4.69, 9.17) is 5.26 Å². The summed E-state index contributed by atoms with van der Waals surface area (Å²) in [5.41, 5.74) is 0.596. The van der Waals surface area contributed by atoms with E-state index in [1.54, 1.807) is 0 Å². The molecule has 1 aromatic rings. The summed E-state index contributed by atoms with van der Waals surface area (Å²) in [6.07, 6.45) is 1.64. The molecule has 1 N–H and O–H groups in total. The van der Waals surface area contributed by atoms with Gasteiger partial charge in [-0.2, -0.15) is 5.26 Å². The molecular weight excluding hydrogens is 245 g/mol. The zero-order chi connectivity index (χ0) is 13.7. The molecule has 1 heterocycles. The van der Waals surface area contributed by atoms with Gasteiger partial charge >= 0.3 is 0 Å². The first-order valence-corrected chi connectivity index (χ1v) is 6.35. The van der Waals surface area contributed by atoms with Gasteiger partial charge < -0.3 is 5.32 Å². The number of nitrogens with one attached hydrogen (secondary N) is 1. The molecule has 2 rings (SSSR count). The standard InChI is InChI=1S/C14H16FN3O/c15-12-1-3-13(4-2-12)17-14(19)10-18-7-5-11(9-16)6-8-18/h1-4,11H,5-8,10H2,(H,17,19). The van der Waals surface area contributed by atoms with Crippen molar-refractivity contribution in [3.8, 4) is 6.07 Å². The minimum atomic E-state index is -0.323. The van der Waals surface area contributed by atoms with Crippen molar-refractivity contribution in [2.75, 3.05) is 25.0 Å². The predicted octanol–water partition coefficient (Wildman–Crippen LogP) is 2.00. The van der Waals surface area contributed by atoms with Crippen LogP contribution in [0.1, 0.15) is 12.8 Å². The number of carbonyl (C=O) groups is 1. The van der Waals surface area contributed by atoms with E-state index >= 15 is 0 Å². The molecule has 1 amide bonds. The molecule has 1 saturated heterocycles. The van der Waals surface area contributed by atoms with Crippen molar-refractivity contribution < 1.29 is 9.18 Å².